The lowest BCUT2D eigenvalue weighted by molar-refractivity contribution is 0.909. The molecule has 0 saturated carbocycles. The van der Waals surface area contributed by atoms with E-state index in [-0.39, 0.29) is 0 Å². The van der Waals surface area contributed by atoms with Gasteiger partial charge in [0.2, 0.25) is 0 Å². The lowest BCUT2D eigenvalue weighted by atomic mass is 10.0. The molecule has 0 heterocycles. The summed E-state index contributed by atoms with van der Waals surface area (Å²) in [5.41, 5.74) is 3.42. The van der Waals surface area contributed by atoms with Gasteiger partial charge in [0.1, 0.15) is 0 Å². The summed E-state index contributed by atoms with van der Waals surface area (Å²) in [6, 6.07) is 0. The predicted octanol–water partition coefficient (Wildman–Crippen LogP) is 5.79. The molecule has 17 heavy (non-hydrogen) atoms. The maximum Gasteiger partial charge on any atom is 0.0372 e. The van der Waals surface area contributed by atoms with Crippen molar-refractivity contribution in [3.8, 4) is 0 Å². The second-order valence-corrected chi connectivity index (χ2v) is 4.85. The number of hydrogen-bond acceptors (Lipinski definition) is 0. The molecule has 0 spiro atoms. The minimum absolute atomic E-state index is 0.309. The monoisotopic (exact) mass is 250 g/mol. The van der Waals surface area contributed by atoms with Gasteiger partial charge < -0.3 is 0 Å². The Morgan fingerprint density at radius 1 is 1.18 bits per heavy atom. The van der Waals surface area contributed by atoms with Crippen LogP contribution in [0.5, 0.6) is 0 Å². The minimum Gasteiger partial charge on any atom is -0.0961 e. The Morgan fingerprint density at radius 2 is 1.76 bits per heavy atom. The van der Waals surface area contributed by atoms with Crippen molar-refractivity contribution in [3.05, 3.63) is 59.2 Å². The molecule has 0 nitrogen and oxygen atoms in total. The van der Waals surface area contributed by atoms with Gasteiger partial charge in [-0.1, -0.05) is 68.0 Å². The Balaban J connectivity index is 4.72. The molecule has 0 aromatic rings. The van der Waals surface area contributed by atoms with Gasteiger partial charge in [-0.3, -0.25) is 0 Å². The molecule has 0 saturated heterocycles. The van der Waals surface area contributed by atoms with Crippen LogP contribution in [-0.4, -0.2) is 0 Å². The van der Waals surface area contributed by atoms with E-state index in [0.29, 0.717) is 5.92 Å². The molecule has 0 bridgehead atoms. The van der Waals surface area contributed by atoms with Crippen molar-refractivity contribution in [1.29, 1.82) is 0 Å². The van der Waals surface area contributed by atoms with Crippen molar-refractivity contribution < 1.29 is 0 Å². The third-order valence-electron chi connectivity index (χ3n) is 2.34. The summed E-state index contributed by atoms with van der Waals surface area (Å²) in [6.45, 7) is 16.0. The van der Waals surface area contributed by atoms with Crippen molar-refractivity contribution in [1.82, 2.24) is 0 Å². The van der Waals surface area contributed by atoms with Gasteiger partial charge in [0.25, 0.3) is 0 Å². The van der Waals surface area contributed by atoms with Crippen LogP contribution in [0.1, 0.15) is 34.1 Å². The van der Waals surface area contributed by atoms with Gasteiger partial charge >= 0.3 is 0 Å². The fourth-order valence-corrected chi connectivity index (χ4v) is 1.72. The van der Waals surface area contributed by atoms with Crippen molar-refractivity contribution in [2.24, 2.45) is 5.92 Å². The summed E-state index contributed by atoms with van der Waals surface area (Å²) in [5, 5.41) is 0.744. The van der Waals surface area contributed by atoms with Crippen LogP contribution in [-0.2, 0) is 0 Å². The highest BCUT2D eigenvalue weighted by molar-refractivity contribution is 6.31. The van der Waals surface area contributed by atoms with Crippen LogP contribution in [0.3, 0.4) is 0 Å². The van der Waals surface area contributed by atoms with Crippen LogP contribution in [0, 0.1) is 5.92 Å². The molecular formula is C16H23Cl. The highest BCUT2D eigenvalue weighted by Crippen LogP contribution is 2.17. The van der Waals surface area contributed by atoms with Gasteiger partial charge in [0, 0.05) is 5.03 Å². The van der Waals surface area contributed by atoms with Crippen LogP contribution < -0.4 is 0 Å². The smallest absolute Gasteiger partial charge is 0.0372 e. The van der Waals surface area contributed by atoms with E-state index in [1.54, 1.807) is 0 Å². The van der Waals surface area contributed by atoms with Crippen molar-refractivity contribution >= 4 is 11.6 Å². The molecule has 0 aromatic heterocycles. The van der Waals surface area contributed by atoms with Crippen LogP contribution in [0.4, 0.5) is 0 Å². The second kappa shape index (κ2) is 8.14. The van der Waals surface area contributed by atoms with E-state index in [0.717, 1.165) is 22.6 Å². The van der Waals surface area contributed by atoms with E-state index in [1.807, 2.05) is 32.1 Å². The number of halogens is 1. The highest BCUT2D eigenvalue weighted by Gasteiger charge is 1.99. The quantitative estimate of drug-likeness (QED) is 0.524. The van der Waals surface area contributed by atoms with E-state index in [1.165, 1.54) is 5.57 Å². The summed E-state index contributed by atoms with van der Waals surface area (Å²) < 4.78 is 0. The van der Waals surface area contributed by atoms with Gasteiger partial charge in [0.05, 0.1) is 0 Å². The van der Waals surface area contributed by atoms with Crippen LogP contribution in [0.15, 0.2) is 59.2 Å². The van der Waals surface area contributed by atoms with Crippen LogP contribution in [0.25, 0.3) is 0 Å². The predicted molar refractivity (Wildman–Crippen MR) is 80.2 cm³/mol. The normalized spacial score (nSPS) is 15.1. The molecule has 1 atom stereocenters. The molecular weight excluding hydrogens is 228 g/mol. The third-order valence-corrected chi connectivity index (χ3v) is 2.59. The highest BCUT2D eigenvalue weighted by atomic mass is 35.5. The molecule has 0 rings (SSSR count). The lowest BCUT2D eigenvalue weighted by Gasteiger charge is -2.06. The maximum absolute atomic E-state index is 6.11. The summed E-state index contributed by atoms with van der Waals surface area (Å²) in [7, 11) is 0. The summed E-state index contributed by atoms with van der Waals surface area (Å²) >= 11 is 6.11. The molecule has 0 aromatic carbocycles. The molecule has 94 valence electrons. The number of hydrogen-bond donors (Lipinski definition) is 0. The summed E-state index contributed by atoms with van der Waals surface area (Å²) in [4.78, 5) is 0. The topological polar surface area (TPSA) is 0 Å². The standard InChI is InChI=1S/C16H23Cl/c1-7-15(13(4)5)10-14(6)11-16(17)9-8-12(2)3/h8-11,14H,2,4,7H2,1,3,5-6H3/b9-8-,15-10+,16-11+. The Labute approximate surface area is 111 Å². The second-order valence-electron chi connectivity index (χ2n) is 4.42. The van der Waals surface area contributed by atoms with E-state index >= 15 is 0 Å². The Bertz CT molecular complexity index is 367. The molecule has 0 aliphatic carbocycles. The van der Waals surface area contributed by atoms with Crippen molar-refractivity contribution in [2.45, 2.75) is 34.1 Å². The molecule has 1 heteroatoms. The van der Waals surface area contributed by atoms with Gasteiger partial charge in [-0.05, 0) is 37.8 Å². The first-order chi connectivity index (χ1) is 7.86. The number of rotatable bonds is 6. The number of allylic oxidation sites excluding steroid dienone is 8. The van der Waals surface area contributed by atoms with Crippen LogP contribution in [0.2, 0.25) is 0 Å². The third kappa shape index (κ3) is 7.82. The SMILES string of the molecule is C=C(C)/C=C\C(Cl)=C/C(C)/C=C(\CC)C(=C)C. The molecule has 0 fully saturated rings. The van der Waals surface area contributed by atoms with Gasteiger partial charge in [0.15, 0.2) is 0 Å². The Hall–Kier alpha value is -1.01. The molecule has 0 N–H and O–H groups in total. The zero-order valence-corrected chi connectivity index (χ0v) is 12.1. The Kier molecular flexibility index (Phi) is 7.65. The fourth-order valence-electron chi connectivity index (χ4n) is 1.46. The Morgan fingerprint density at radius 3 is 2.18 bits per heavy atom. The zero-order chi connectivity index (χ0) is 13.4. The van der Waals surface area contributed by atoms with Crippen molar-refractivity contribution in [2.75, 3.05) is 0 Å². The van der Waals surface area contributed by atoms with Gasteiger partial charge in [-0.2, -0.15) is 0 Å². The molecule has 0 aliphatic rings. The molecule has 0 amide bonds. The van der Waals surface area contributed by atoms with E-state index in [9.17, 15) is 0 Å². The van der Waals surface area contributed by atoms with Gasteiger partial charge in [-0.25, -0.2) is 0 Å². The van der Waals surface area contributed by atoms with Gasteiger partial charge in [-0.15, -0.1) is 0 Å². The molecule has 0 aliphatic heterocycles. The zero-order valence-electron chi connectivity index (χ0n) is 11.4. The first kappa shape index (κ1) is 16.0. The molecule has 0 radical (unpaired) electrons. The van der Waals surface area contributed by atoms with E-state index in [4.69, 9.17) is 11.6 Å². The fraction of sp³-hybridized carbons (Fsp3) is 0.375. The first-order valence-electron chi connectivity index (χ1n) is 5.94. The first-order valence-corrected chi connectivity index (χ1v) is 6.32. The minimum atomic E-state index is 0.309. The van der Waals surface area contributed by atoms with Crippen molar-refractivity contribution in [3.63, 3.8) is 0 Å². The maximum atomic E-state index is 6.11. The largest absolute Gasteiger partial charge is 0.0961 e. The average Bonchev–Trinajstić information content (AvgIpc) is 2.22. The van der Waals surface area contributed by atoms with Crippen LogP contribution >= 0.6 is 11.6 Å². The lowest BCUT2D eigenvalue weighted by Crippen LogP contribution is -1.90. The summed E-state index contributed by atoms with van der Waals surface area (Å²) in [6.07, 6.45) is 9.03. The summed E-state index contributed by atoms with van der Waals surface area (Å²) in [5.74, 6) is 0.309. The van der Waals surface area contributed by atoms with E-state index < -0.39 is 0 Å². The van der Waals surface area contributed by atoms with E-state index in [2.05, 4.69) is 33.1 Å². The molecule has 1 unspecified atom stereocenters. The average molecular weight is 251 g/mol.